The average Bonchev–Trinajstić information content (AvgIpc) is 3.26. The molecule has 0 unspecified atom stereocenters. The fraction of sp³-hybridized carbons (Fsp3) is 1.00. The number of epoxide rings is 1. The molecule has 0 amide bonds. The van der Waals surface area contributed by atoms with Gasteiger partial charge in [0.2, 0.25) is 0 Å². The Hall–Kier alpha value is -0.0800. The summed E-state index contributed by atoms with van der Waals surface area (Å²) in [6.45, 7) is 12.4. The van der Waals surface area contributed by atoms with Gasteiger partial charge < -0.3 is 9.84 Å². The molecule has 4 aliphatic carbocycles. The van der Waals surface area contributed by atoms with Crippen LogP contribution >= 0.6 is 0 Å². The second kappa shape index (κ2) is 6.96. The molecule has 0 radical (unpaired) electrons. The SMILES string of the molecule is CC(C)CCC[C@@H](C)[C@@H]1CC[C@@H]2[C@@H]3CC[C@@]4(O)C[C@@H]5O[C@@H]5C[C@]4(C)[C@@H]3CC[C@@]21C. The topological polar surface area (TPSA) is 32.8 Å². The van der Waals surface area contributed by atoms with Crippen molar-refractivity contribution in [3.05, 3.63) is 0 Å². The first kappa shape index (κ1) is 20.8. The molecule has 1 saturated heterocycles. The van der Waals surface area contributed by atoms with Gasteiger partial charge in [0.25, 0.3) is 0 Å². The molecule has 10 atom stereocenters. The number of hydrogen-bond donors (Lipinski definition) is 1. The smallest absolute Gasteiger partial charge is 0.0869 e. The maximum Gasteiger partial charge on any atom is 0.0869 e. The third-order valence-corrected chi connectivity index (χ3v) is 11.3. The van der Waals surface area contributed by atoms with Crippen LogP contribution in [0.4, 0.5) is 0 Å². The van der Waals surface area contributed by atoms with Crippen LogP contribution in [0.15, 0.2) is 0 Å². The summed E-state index contributed by atoms with van der Waals surface area (Å²) in [4.78, 5) is 0. The van der Waals surface area contributed by atoms with Crippen molar-refractivity contribution in [1.29, 1.82) is 0 Å². The summed E-state index contributed by atoms with van der Waals surface area (Å²) >= 11 is 0. The first-order chi connectivity index (χ1) is 13.7. The average molecular weight is 403 g/mol. The minimum absolute atomic E-state index is 0.0931. The van der Waals surface area contributed by atoms with Crippen molar-refractivity contribution in [2.75, 3.05) is 0 Å². The summed E-state index contributed by atoms with van der Waals surface area (Å²) in [5.74, 6) is 5.12. The van der Waals surface area contributed by atoms with Crippen LogP contribution in [0.3, 0.4) is 0 Å². The maximum absolute atomic E-state index is 11.7. The largest absolute Gasteiger partial charge is 0.389 e. The Kier molecular flexibility index (Phi) is 4.99. The van der Waals surface area contributed by atoms with E-state index in [9.17, 15) is 5.11 Å². The van der Waals surface area contributed by atoms with Crippen LogP contribution in [0.5, 0.6) is 0 Å². The van der Waals surface area contributed by atoms with Gasteiger partial charge in [-0.2, -0.15) is 0 Å². The second-order valence-corrected chi connectivity index (χ2v) is 13.0. The van der Waals surface area contributed by atoms with Crippen LogP contribution in [0.25, 0.3) is 0 Å². The second-order valence-electron chi connectivity index (χ2n) is 13.0. The highest BCUT2D eigenvalue weighted by molar-refractivity contribution is 5.18. The maximum atomic E-state index is 11.7. The van der Waals surface area contributed by atoms with E-state index in [0.717, 1.165) is 54.8 Å². The minimum Gasteiger partial charge on any atom is -0.389 e. The van der Waals surface area contributed by atoms with Crippen molar-refractivity contribution < 1.29 is 9.84 Å². The molecule has 0 aromatic heterocycles. The number of hydrogen-bond acceptors (Lipinski definition) is 2. The summed E-state index contributed by atoms with van der Waals surface area (Å²) in [5, 5.41) is 11.7. The normalized spacial score (nSPS) is 54.3. The Morgan fingerprint density at radius 3 is 2.41 bits per heavy atom. The Balaban J connectivity index is 1.32. The highest BCUT2D eigenvalue weighted by Gasteiger charge is 2.68. The van der Waals surface area contributed by atoms with Crippen LogP contribution in [-0.2, 0) is 4.74 Å². The van der Waals surface area contributed by atoms with Crippen LogP contribution in [0.2, 0.25) is 0 Å². The molecule has 1 N–H and O–H groups in total. The Morgan fingerprint density at radius 2 is 1.66 bits per heavy atom. The highest BCUT2D eigenvalue weighted by atomic mass is 16.6. The molecule has 0 spiro atoms. The molecule has 1 heterocycles. The van der Waals surface area contributed by atoms with E-state index in [4.69, 9.17) is 4.74 Å². The van der Waals surface area contributed by atoms with E-state index in [1.807, 2.05) is 0 Å². The first-order valence-electron chi connectivity index (χ1n) is 13.1. The Morgan fingerprint density at radius 1 is 0.897 bits per heavy atom. The first-order valence-corrected chi connectivity index (χ1v) is 13.1. The third-order valence-electron chi connectivity index (χ3n) is 11.3. The lowest BCUT2D eigenvalue weighted by molar-refractivity contribution is -0.200. The molecule has 1 aliphatic heterocycles. The van der Waals surface area contributed by atoms with Gasteiger partial charge >= 0.3 is 0 Å². The molecule has 166 valence electrons. The summed E-state index contributed by atoms with van der Waals surface area (Å²) in [5.41, 5.74) is 0.190. The van der Waals surface area contributed by atoms with Crippen molar-refractivity contribution in [1.82, 2.24) is 0 Å². The van der Waals surface area contributed by atoms with Crippen molar-refractivity contribution >= 4 is 0 Å². The number of rotatable bonds is 5. The fourth-order valence-corrected chi connectivity index (χ4v) is 9.51. The number of ether oxygens (including phenoxy) is 1. The van der Waals surface area contributed by atoms with Gasteiger partial charge in [-0.1, -0.05) is 53.9 Å². The molecule has 2 nitrogen and oxygen atoms in total. The van der Waals surface area contributed by atoms with Crippen molar-refractivity contribution in [2.45, 2.75) is 123 Å². The molecule has 0 bridgehead atoms. The molecule has 0 aromatic rings. The van der Waals surface area contributed by atoms with Gasteiger partial charge in [0, 0.05) is 11.8 Å². The van der Waals surface area contributed by atoms with E-state index >= 15 is 0 Å². The lowest BCUT2D eigenvalue weighted by Gasteiger charge is -2.63. The van der Waals surface area contributed by atoms with Crippen LogP contribution in [-0.4, -0.2) is 22.9 Å². The van der Waals surface area contributed by atoms with E-state index in [0.29, 0.717) is 17.6 Å². The number of fused-ring (bicyclic) bond motifs is 6. The van der Waals surface area contributed by atoms with Gasteiger partial charge in [0.15, 0.2) is 0 Å². The lowest BCUT2D eigenvalue weighted by Crippen LogP contribution is -2.62. The molecule has 4 saturated carbocycles. The van der Waals surface area contributed by atoms with Crippen molar-refractivity contribution in [3.63, 3.8) is 0 Å². The molecule has 5 rings (SSSR count). The molecular weight excluding hydrogens is 356 g/mol. The van der Waals surface area contributed by atoms with E-state index < -0.39 is 5.60 Å². The molecule has 29 heavy (non-hydrogen) atoms. The van der Waals surface area contributed by atoms with Crippen molar-refractivity contribution in [2.24, 2.45) is 46.3 Å². The zero-order valence-electron chi connectivity index (χ0n) is 19.8. The van der Waals surface area contributed by atoms with Gasteiger partial charge in [-0.3, -0.25) is 0 Å². The van der Waals surface area contributed by atoms with E-state index in [2.05, 4.69) is 34.6 Å². The zero-order valence-corrected chi connectivity index (χ0v) is 19.8. The molecule has 5 fully saturated rings. The summed E-state index contributed by atoms with van der Waals surface area (Å²) < 4.78 is 5.93. The highest BCUT2D eigenvalue weighted by Crippen LogP contribution is 2.70. The quantitative estimate of drug-likeness (QED) is 0.525. The Bertz CT molecular complexity index is 630. The van der Waals surface area contributed by atoms with Crippen molar-refractivity contribution in [3.8, 4) is 0 Å². The summed E-state index contributed by atoms with van der Waals surface area (Å²) in [6.07, 6.45) is 15.1. The monoisotopic (exact) mass is 402 g/mol. The van der Waals surface area contributed by atoms with Crippen LogP contribution in [0.1, 0.15) is 105 Å². The van der Waals surface area contributed by atoms with E-state index in [1.165, 1.54) is 51.4 Å². The summed E-state index contributed by atoms with van der Waals surface area (Å²) in [6, 6.07) is 0. The van der Waals surface area contributed by atoms with Gasteiger partial charge in [-0.25, -0.2) is 0 Å². The molecule has 2 heteroatoms. The summed E-state index contributed by atoms with van der Waals surface area (Å²) in [7, 11) is 0. The lowest BCUT2D eigenvalue weighted by atomic mass is 9.43. The standard InChI is InChI=1S/C27H46O2/c1-17(2)7-6-8-18(3)20-9-10-21-19-11-14-27(28)16-24-23(29-24)15-26(27,5)22(19)12-13-25(20,21)4/h17-24,28H,6-16H2,1-5H3/t18-,19+,20+,21-,22-,23-,24+,25-,26-,27-/m1/s1. The van der Waals surface area contributed by atoms with Crippen LogP contribution < -0.4 is 0 Å². The van der Waals surface area contributed by atoms with E-state index in [1.54, 1.807) is 0 Å². The van der Waals surface area contributed by atoms with Crippen LogP contribution in [0, 0.1) is 46.3 Å². The van der Waals surface area contributed by atoms with Gasteiger partial charge in [-0.05, 0) is 85.9 Å². The molecular formula is C27H46O2. The molecule has 0 aromatic carbocycles. The van der Waals surface area contributed by atoms with Gasteiger partial charge in [0.05, 0.1) is 17.8 Å². The van der Waals surface area contributed by atoms with E-state index in [-0.39, 0.29) is 5.41 Å². The third kappa shape index (κ3) is 3.09. The van der Waals surface area contributed by atoms with Gasteiger partial charge in [-0.15, -0.1) is 0 Å². The minimum atomic E-state index is -0.457. The Labute approximate surface area is 179 Å². The number of aliphatic hydroxyl groups is 1. The predicted molar refractivity (Wildman–Crippen MR) is 119 cm³/mol. The van der Waals surface area contributed by atoms with Gasteiger partial charge in [0.1, 0.15) is 0 Å². The predicted octanol–water partition coefficient (Wildman–Crippen LogP) is 6.60. The fourth-order valence-electron chi connectivity index (χ4n) is 9.51. The molecule has 5 aliphatic rings. The zero-order chi connectivity index (χ0) is 20.6.